The van der Waals surface area contributed by atoms with Crippen molar-refractivity contribution in [2.45, 2.75) is 38.1 Å². The Morgan fingerprint density at radius 1 is 1.35 bits per heavy atom. The second-order valence-electron chi connectivity index (χ2n) is 5.26. The topological polar surface area (TPSA) is 47.6 Å². The highest BCUT2D eigenvalue weighted by Crippen LogP contribution is 2.33. The minimum atomic E-state index is -0.436. The maximum absolute atomic E-state index is 13.0. The minimum absolute atomic E-state index is 0.118. The van der Waals surface area contributed by atoms with Crippen LogP contribution in [0.5, 0.6) is 11.5 Å². The van der Waals surface area contributed by atoms with E-state index in [9.17, 15) is 4.79 Å². The molecule has 4 nitrogen and oxygen atoms in total. The number of carbonyl (C=O) groups is 1. The summed E-state index contributed by atoms with van der Waals surface area (Å²) in [5.74, 6) is 1.41. The third-order valence-corrected chi connectivity index (χ3v) is 4.01. The van der Waals surface area contributed by atoms with Gasteiger partial charge in [0.25, 0.3) is 0 Å². The van der Waals surface area contributed by atoms with Crippen molar-refractivity contribution >= 4 is 5.78 Å². The zero-order chi connectivity index (χ0) is 14.6. The van der Waals surface area contributed by atoms with Gasteiger partial charge in [0.05, 0.1) is 25.3 Å². The first kappa shape index (κ1) is 14.9. The van der Waals surface area contributed by atoms with Crippen LogP contribution in [0.1, 0.15) is 43.0 Å². The van der Waals surface area contributed by atoms with Gasteiger partial charge >= 0.3 is 0 Å². The number of hydrogen-bond acceptors (Lipinski definition) is 4. The Labute approximate surface area is 120 Å². The summed E-state index contributed by atoms with van der Waals surface area (Å²) in [4.78, 5) is 13.0. The van der Waals surface area contributed by atoms with Crippen molar-refractivity contribution in [3.8, 4) is 11.5 Å². The largest absolute Gasteiger partial charge is 0.497 e. The van der Waals surface area contributed by atoms with Gasteiger partial charge < -0.3 is 14.8 Å². The van der Waals surface area contributed by atoms with Crippen LogP contribution < -0.4 is 14.8 Å². The number of nitrogens with one attached hydrogen (secondary N) is 1. The van der Waals surface area contributed by atoms with Crippen LogP contribution in [0.2, 0.25) is 0 Å². The second-order valence-corrected chi connectivity index (χ2v) is 5.26. The van der Waals surface area contributed by atoms with E-state index in [2.05, 4.69) is 12.2 Å². The summed E-state index contributed by atoms with van der Waals surface area (Å²) >= 11 is 0. The lowest BCUT2D eigenvalue weighted by Crippen LogP contribution is -2.47. The highest BCUT2D eigenvalue weighted by molar-refractivity contribution is 6.05. The van der Waals surface area contributed by atoms with Crippen molar-refractivity contribution < 1.29 is 14.3 Å². The van der Waals surface area contributed by atoms with Crippen LogP contribution >= 0.6 is 0 Å². The number of carbonyl (C=O) groups excluding carboxylic acids is 1. The summed E-state index contributed by atoms with van der Waals surface area (Å²) in [6.45, 7) is 3.01. The molecule has 1 aliphatic rings. The molecule has 4 heteroatoms. The minimum Gasteiger partial charge on any atom is -0.497 e. The number of hydrogen-bond donors (Lipinski definition) is 1. The standard InChI is InChI=1S/C16H23NO3/c1-4-8-16(9-5-10-17-16)15(18)13-11-12(19-2)6-7-14(13)20-3/h6-7,11,17H,4-5,8-10H2,1-3H3. The summed E-state index contributed by atoms with van der Waals surface area (Å²) in [6.07, 6.45) is 3.76. The molecule has 1 N–H and O–H groups in total. The Hall–Kier alpha value is -1.55. The fourth-order valence-electron chi connectivity index (χ4n) is 3.00. The lowest BCUT2D eigenvalue weighted by molar-refractivity contribution is 0.0854. The Morgan fingerprint density at radius 3 is 2.70 bits per heavy atom. The molecule has 1 atom stereocenters. The van der Waals surface area contributed by atoms with Gasteiger partial charge in [-0.25, -0.2) is 0 Å². The molecule has 1 aromatic carbocycles. The van der Waals surface area contributed by atoms with Crippen molar-refractivity contribution in [1.29, 1.82) is 0 Å². The van der Waals surface area contributed by atoms with Gasteiger partial charge in [0.1, 0.15) is 11.5 Å². The molecule has 1 aliphatic heterocycles. The van der Waals surface area contributed by atoms with Crippen molar-refractivity contribution in [2.24, 2.45) is 0 Å². The van der Waals surface area contributed by atoms with E-state index in [0.29, 0.717) is 17.1 Å². The number of benzene rings is 1. The summed E-state index contributed by atoms with van der Waals surface area (Å²) in [5.41, 5.74) is 0.170. The predicted molar refractivity (Wildman–Crippen MR) is 78.8 cm³/mol. The molecule has 20 heavy (non-hydrogen) atoms. The van der Waals surface area contributed by atoms with Gasteiger partial charge in [-0.2, -0.15) is 0 Å². The summed E-state index contributed by atoms with van der Waals surface area (Å²) in [5, 5.41) is 3.41. The molecule has 0 spiro atoms. The Balaban J connectivity index is 2.40. The predicted octanol–water partition coefficient (Wildman–Crippen LogP) is 2.81. The molecule has 0 radical (unpaired) electrons. The zero-order valence-electron chi connectivity index (χ0n) is 12.5. The van der Waals surface area contributed by atoms with E-state index in [4.69, 9.17) is 9.47 Å². The zero-order valence-corrected chi connectivity index (χ0v) is 12.5. The molecule has 0 aliphatic carbocycles. The third-order valence-electron chi connectivity index (χ3n) is 4.01. The summed E-state index contributed by atoms with van der Waals surface area (Å²) < 4.78 is 10.6. The lowest BCUT2D eigenvalue weighted by atomic mass is 9.83. The van der Waals surface area contributed by atoms with E-state index in [-0.39, 0.29) is 5.78 Å². The van der Waals surface area contributed by atoms with Crippen LogP contribution in [0.3, 0.4) is 0 Å². The fourth-order valence-corrected chi connectivity index (χ4v) is 3.00. The molecule has 1 heterocycles. The van der Waals surface area contributed by atoms with Gasteiger partial charge in [-0.05, 0) is 44.0 Å². The van der Waals surface area contributed by atoms with Crippen LogP contribution in [0.4, 0.5) is 0 Å². The van der Waals surface area contributed by atoms with Gasteiger partial charge in [-0.1, -0.05) is 13.3 Å². The molecule has 1 unspecified atom stereocenters. The number of Topliss-reactive ketones (excluding diaryl/α,β-unsaturated/α-hetero) is 1. The highest BCUT2D eigenvalue weighted by Gasteiger charge is 2.41. The molecule has 0 amide bonds. The van der Waals surface area contributed by atoms with Gasteiger partial charge in [-0.15, -0.1) is 0 Å². The van der Waals surface area contributed by atoms with Crippen LogP contribution in [0.25, 0.3) is 0 Å². The molecular weight excluding hydrogens is 254 g/mol. The van der Waals surface area contributed by atoms with Crippen LogP contribution in [0, 0.1) is 0 Å². The third kappa shape index (κ3) is 2.66. The van der Waals surface area contributed by atoms with E-state index in [0.717, 1.165) is 32.2 Å². The Kier molecular flexibility index (Phi) is 4.65. The number of rotatable bonds is 6. The van der Waals surface area contributed by atoms with E-state index >= 15 is 0 Å². The summed E-state index contributed by atoms with van der Waals surface area (Å²) in [6, 6.07) is 5.38. The Morgan fingerprint density at radius 2 is 2.15 bits per heavy atom. The maximum Gasteiger partial charge on any atom is 0.186 e. The molecule has 0 bridgehead atoms. The normalized spacial score (nSPS) is 21.8. The molecule has 2 rings (SSSR count). The SMILES string of the molecule is CCCC1(C(=O)c2cc(OC)ccc2OC)CCCN1. The summed E-state index contributed by atoms with van der Waals surface area (Å²) in [7, 11) is 3.19. The van der Waals surface area contributed by atoms with Gasteiger partial charge in [-0.3, -0.25) is 4.79 Å². The lowest BCUT2D eigenvalue weighted by Gasteiger charge is -2.28. The first-order valence-corrected chi connectivity index (χ1v) is 7.18. The quantitative estimate of drug-likeness (QED) is 0.812. The van der Waals surface area contributed by atoms with Gasteiger partial charge in [0, 0.05) is 0 Å². The van der Waals surface area contributed by atoms with Crippen molar-refractivity contribution in [2.75, 3.05) is 20.8 Å². The highest BCUT2D eigenvalue weighted by atomic mass is 16.5. The first-order chi connectivity index (χ1) is 9.66. The van der Waals surface area contributed by atoms with Crippen molar-refractivity contribution in [3.63, 3.8) is 0 Å². The second kappa shape index (κ2) is 6.27. The van der Waals surface area contributed by atoms with E-state index in [1.54, 1.807) is 26.4 Å². The van der Waals surface area contributed by atoms with E-state index in [1.807, 2.05) is 6.07 Å². The maximum atomic E-state index is 13.0. The van der Waals surface area contributed by atoms with Crippen LogP contribution in [-0.4, -0.2) is 32.1 Å². The first-order valence-electron chi connectivity index (χ1n) is 7.18. The molecule has 1 aromatic rings. The van der Waals surface area contributed by atoms with Crippen molar-refractivity contribution in [3.05, 3.63) is 23.8 Å². The molecule has 1 fully saturated rings. The van der Waals surface area contributed by atoms with E-state index < -0.39 is 5.54 Å². The fraction of sp³-hybridized carbons (Fsp3) is 0.562. The van der Waals surface area contributed by atoms with Gasteiger partial charge in [0.15, 0.2) is 5.78 Å². The molecule has 0 aromatic heterocycles. The molecule has 1 saturated heterocycles. The average Bonchev–Trinajstić information content (AvgIpc) is 2.96. The van der Waals surface area contributed by atoms with Gasteiger partial charge in [0.2, 0.25) is 0 Å². The molecule has 110 valence electrons. The van der Waals surface area contributed by atoms with E-state index in [1.165, 1.54) is 0 Å². The van der Waals surface area contributed by atoms with Crippen molar-refractivity contribution in [1.82, 2.24) is 5.32 Å². The molecule has 0 saturated carbocycles. The molecular formula is C16H23NO3. The Bertz CT molecular complexity index is 479. The van der Waals surface area contributed by atoms with Crippen LogP contribution in [-0.2, 0) is 0 Å². The number of ketones is 1. The smallest absolute Gasteiger partial charge is 0.186 e. The average molecular weight is 277 g/mol. The number of ether oxygens (including phenoxy) is 2. The monoisotopic (exact) mass is 277 g/mol. The number of methoxy groups -OCH3 is 2. The van der Waals surface area contributed by atoms with Crippen LogP contribution in [0.15, 0.2) is 18.2 Å².